The minimum atomic E-state index is -8.69. The Labute approximate surface area is 207 Å². The maximum absolute atomic E-state index is 14.1. The van der Waals surface area contributed by atoms with Gasteiger partial charge < -0.3 is 9.84 Å². The predicted molar refractivity (Wildman–Crippen MR) is 97.1 cm³/mol. The van der Waals surface area contributed by atoms with Crippen LogP contribution in [0.2, 0.25) is 0 Å². The van der Waals surface area contributed by atoms with Crippen molar-refractivity contribution in [3.63, 3.8) is 0 Å². The van der Waals surface area contributed by atoms with Crippen molar-refractivity contribution in [1.82, 2.24) is 0 Å². The molecule has 1 rings (SSSR count). The molecule has 0 bridgehead atoms. The zero-order chi connectivity index (χ0) is 31.5. The van der Waals surface area contributed by atoms with Gasteiger partial charge in [0.25, 0.3) is 0 Å². The largest absolute Gasteiger partial charge is 0.488 e. The van der Waals surface area contributed by atoms with Crippen molar-refractivity contribution in [1.29, 1.82) is 0 Å². The molecule has 1 atom stereocenters. The summed E-state index contributed by atoms with van der Waals surface area (Å²) < 4.78 is 232. The number of aliphatic hydroxyl groups excluding tert-OH is 1. The minimum Gasteiger partial charge on any atom is -0.488 e. The number of halogens is 17. The number of rotatable bonds is 10. The van der Waals surface area contributed by atoms with Gasteiger partial charge in [-0.3, -0.25) is 0 Å². The summed E-state index contributed by atoms with van der Waals surface area (Å²) in [6, 6.07) is 3.26. The average Bonchev–Trinajstić information content (AvgIpc) is 2.71. The van der Waals surface area contributed by atoms with Crippen LogP contribution < -0.4 is 4.74 Å². The van der Waals surface area contributed by atoms with Gasteiger partial charge in [-0.05, 0) is 38.5 Å². The van der Waals surface area contributed by atoms with E-state index in [2.05, 4.69) is 0 Å². The normalized spacial score (nSPS) is 16.3. The second kappa shape index (κ2) is 9.71. The number of hydrogen-bond acceptors (Lipinski definition) is 2. The first-order chi connectivity index (χ1) is 16.8. The molecule has 0 aliphatic heterocycles. The highest BCUT2D eigenvalue weighted by Crippen LogP contribution is 2.64. The van der Waals surface area contributed by atoms with Gasteiger partial charge in [0.15, 0.2) is 0 Å². The summed E-state index contributed by atoms with van der Waals surface area (Å²) in [6.07, 6.45) is -13.7. The van der Waals surface area contributed by atoms with E-state index in [9.17, 15) is 79.7 Å². The van der Waals surface area contributed by atoms with Crippen LogP contribution >= 0.6 is 0 Å². The Kier molecular flexibility index (Phi) is 8.67. The van der Waals surface area contributed by atoms with Crippen LogP contribution in [0.1, 0.15) is 38.9 Å². The summed E-state index contributed by atoms with van der Waals surface area (Å²) in [6.45, 7) is 4.62. The van der Waals surface area contributed by atoms with Crippen LogP contribution in [0.3, 0.4) is 0 Å². The van der Waals surface area contributed by atoms with Gasteiger partial charge >= 0.3 is 47.6 Å². The molecule has 0 heterocycles. The fourth-order valence-electron chi connectivity index (χ4n) is 2.80. The van der Waals surface area contributed by atoms with Crippen molar-refractivity contribution in [2.45, 2.75) is 86.5 Å². The highest BCUT2D eigenvalue weighted by Gasteiger charge is 2.95. The predicted octanol–water partition coefficient (Wildman–Crippen LogP) is 8.30. The average molecular weight is 612 g/mol. The molecule has 39 heavy (non-hydrogen) atoms. The summed E-state index contributed by atoms with van der Waals surface area (Å²) in [5, 5.41) is 9.72. The van der Waals surface area contributed by atoms with Gasteiger partial charge in [0.05, 0.1) is 6.10 Å². The van der Waals surface area contributed by atoms with Crippen molar-refractivity contribution in [3.05, 3.63) is 29.8 Å². The van der Waals surface area contributed by atoms with Crippen molar-refractivity contribution in [3.8, 4) is 5.75 Å². The lowest BCUT2D eigenvalue weighted by molar-refractivity contribution is -0.462. The third-order valence-corrected chi connectivity index (χ3v) is 4.93. The van der Waals surface area contributed by atoms with Gasteiger partial charge in [0.1, 0.15) is 11.4 Å². The summed E-state index contributed by atoms with van der Waals surface area (Å²) in [5.41, 5.74) is -1.63. The molecule has 2 nitrogen and oxygen atoms in total. The van der Waals surface area contributed by atoms with E-state index in [1.165, 1.54) is 20.8 Å². The molecule has 0 fully saturated rings. The fourth-order valence-corrected chi connectivity index (χ4v) is 2.80. The molecular weight excluding hydrogens is 595 g/mol. The van der Waals surface area contributed by atoms with Crippen LogP contribution in [-0.4, -0.2) is 58.3 Å². The minimum absolute atomic E-state index is 0.0134. The summed E-state index contributed by atoms with van der Waals surface area (Å²) in [5.74, 6) is -57.0. The van der Waals surface area contributed by atoms with E-state index < -0.39 is 71.3 Å². The van der Waals surface area contributed by atoms with E-state index in [1.807, 2.05) is 0 Å². The van der Waals surface area contributed by atoms with Gasteiger partial charge in [-0.25, -0.2) is 0 Å². The van der Waals surface area contributed by atoms with Crippen LogP contribution in [0.5, 0.6) is 5.75 Å². The van der Waals surface area contributed by atoms with Crippen LogP contribution in [0.15, 0.2) is 24.3 Å². The second-order valence-electron chi connectivity index (χ2n) is 9.15. The van der Waals surface area contributed by atoms with Crippen LogP contribution in [0, 0.1) is 0 Å². The van der Waals surface area contributed by atoms with Gasteiger partial charge in [0, 0.05) is 6.42 Å². The van der Waals surface area contributed by atoms with Crippen LogP contribution in [0.4, 0.5) is 74.6 Å². The Morgan fingerprint density at radius 2 is 0.897 bits per heavy atom. The van der Waals surface area contributed by atoms with Gasteiger partial charge in [-0.2, -0.15) is 74.6 Å². The molecule has 0 amide bonds. The number of hydrogen-bond donors (Lipinski definition) is 1. The molecule has 1 aromatic carbocycles. The first-order valence-electron chi connectivity index (χ1n) is 10.0. The lowest BCUT2D eigenvalue weighted by atomic mass is 9.87. The monoisotopic (exact) mass is 612 g/mol. The molecule has 0 saturated carbocycles. The molecule has 0 radical (unpaired) electrons. The highest BCUT2D eigenvalue weighted by atomic mass is 19.4. The maximum Gasteiger partial charge on any atom is 0.460 e. The molecule has 0 spiro atoms. The van der Waals surface area contributed by atoms with E-state index in [0.717, 1.165) is 12.1 Å². The smallest absolute Gasteiger partial charge is 0.460 e. The zero-order valence-corrected chi connectivity index (χ0v) is 19.4. The summed E-state index contributed by atoms with van der Waals surface area (Å²) in [7, 11) is 0. The molecule has 1 N–H and O–H groups in total. The van der Waals surface area contributed by atoms with Crippen molar-refractivity contribution in [2.24, 2.45) is 0 Å². The fraction of sp³-hybridized carbons (Fsp3) is 0.700. The Bertz CT molecular complexity index is 991. The molecule has 19 heteroatoms. The van der Waals surface area contributed by atoms with E-state index in [0.29, 0.717) is 12.1 Å². The zero-order valence-electron chi connectivity index (χ0n) is 19.4. The van der Waals surface area contributed by atoms with Crippen LogP contribution in [-0.2, 0) is 0 Å². The highest BCUT2D eigenvalue weighted by molar-refractivity contribution is 5.29. The number of aliphatic hydroxyl groups is 1. The lowest BCUT2D eigenvalue weighted by Crippen LogP contribution is -2.74. The lowest BCUT2D eigenvalue weighted by Gasteiger charge is -2.43. The van der Waals surface area contributed by atoms with E-state index in [-0.39, 0.29) is 5.75 Å². The van der Waals surface area contributed by atoms with Crippen molar-refractivity contribution < 1.29 is 84.5 Å². The Hall–Kier alpha value is -2.21. The van der Waals surface area contributed by atoms with Crippen molar-refractivity contribution >= 4 is 0 Å². The first-order valence-corrected chi connectivity index (χ1v) is 10.0. The first kappa shape index (κ1) is 34.8. The topological polar surface area (TPSA) is 29.5 Å². The van der Waals surface area contributed by atoms with Gasteiger partial charge in [-0.15, -0.1) is 0 Å². The van der Waals surface area contributed by atoms with E-state index >= 15 is 0 Å². The molecule has 0 aliphatic carbocycles. The molecule has 1 unspecified atom stereocenters. The third-order valence-electron chi connectivity index (χ3n) is 4.93. The number of benzene rings is 1. The van der Waals surface area contributed by atoms with E-state index in [4.69, 9.17) is 4.74 Å². The standard InChI is InChI=1S/C20H17F17O2/c1-12(2,3)39-10-6-4-9(5-7-10)11(38)8-13(21,22)14(23,24)15(25,26)16(27,28)17(29,30)18(31,32)19(33,34)20(35,36)37/h4-7,11,38H,8H2,1-3H3. The van der Waals surface area contributed by atoms with Crippen LogP contribution in [0.25, 0.3) is 0 Å². The second-order valence-corrected chi connectivity index (χ2v) is 9.15. The molecule has 0 aromatic heterocycles. The maximum atomic E-state index is 14.1. The van der Waals surface area contributed by atoms with Crippen molar-refractivity contribution in [2.75, 3.05) is 0 Å². The Morgan fingerprint density at radius 1 is 0.564 bits per heavy atom. The summed E-state index contributed by atoms with van der Waals surface area (Å²) in [4.78, 5) is 0. The third kappa shape index (κ3) is 5.68. The number of alkyl halides is 17. The Balaban J connectivity index is 3.43. The quantitative estimate of drug-likeness (QED) is 0.270. The molecular formula is C20H17F17O2. The summed E-state index contributed by atoms with van der Waals surface area (Å²) >= 11 is 0. The van der Waals surface area contributed by atoms with Gasteiger partial charge in [0.2, 0.25) is 0 Å². The molecule has 1 aromatic rings. The number of ether oxygens (including phenoxy) is 1. The molecule has 0 aliphatic rings. The SMILES string of the molecule is CC(C)(C)Oc1ccc(C(O)CC(F)(F)C(F)(F)C(F)(F)C(F)(F)C(F)(F)C(F)(F)C(F)(F)C(F)(F)F)cc1. The van der Waals surface area contributed by atoms with E-state index in [1.54, 1.807) is 0 Å². The molecule has 228 valence electrons. The molecule has 0 saturated heterocycles. The Morgan fingerprint density at radius 3 is 1.23 bits per heavy atom. The van der Waals surface area contributed by atoms with Gasteiger partial charge in [-0.1, -0.05) is 12.1 Å².